The van der Waals surface area contributed by atoms with Crippen LogP contribution in [0.5, 0.6) is 0 Å². The minimum Gasteiger partial charge on any atom is -0.387 e. The van der Waals surface area contributed by atoms with Crippen LogP contribution in [0.3, 0.4) is 0 Å². The Balaban J connectivity index is 2.46. The summed E-state index contributed by atoms with van der Waals surface area (Å²) in [6, 6.07) is 0. The van der Waals surface area contributed by atoms with E-state index < -0.39 is 0 Å². The van der Waals surface area contributed by atoms with Gasteiger partial charge in [0, 0.05) is 13.0 Å². The Labute approximate surface area is 68.9 Å². The van der Waals surface area contributed by atoms with Crippen molar-refractivity contribution in [3.8, 4) is 0 Å². The van der Waals surface area contributed by atoms with Crippen molar-refractivity contribution in [1.29, 1.82) is 0 Å². The molecule has 64 valence electrons. The Hall–Kier alpha value is -0.530. The molecule has 2 unspecified atom stereocenters. The standard InChI is InChI=1S/C9H18N2/c1-7-4-3-5-8(6-7)9(10)11-2/h7-8H,3-6H2,1-2H3,(H2,10,11). The summed E-state index contributed by atoms with van der Waals surface area (Å²) in [7, 11) is 1.79. The van der Waals surface area contributed by atoms with Gasteiger partial charge in [0.05, 0.1) is 5.84 Å². The molecule has 11 heavy (non-hydrogen) atoms. The van der Waals surface area contributed by atoms with Gasteiger partial charge >= 0.3 is 0 Å². The molecule has 0 aromatic carbocycles. The van der Waals surface area contributed by atoms with Crippen LogP contribution in [-0.2, 0) is 0 Å². The predicted molar refractivity (Wildman–Crippen MR) is 48.7 cm³/mol. The third kappa shape index (κ3) is 2.21. The van der Waals surface area contributed by atoms with Crippen molar-refractivity contribution in [2.24, 2.45) is 22.6 Å². The highest BCUT2D eigenvalue weighted by Crippen LogP contribution is 2.28. The van der Waals surface area contributed by atoms with Crippen LogP contribution in [0.15, 0.2) is 4.99 Å². The minimum absolute atomic E-state index is 0.573. The van der Waals surface area contributed by atoms with Gasteiger partial charge in [0.15, 0.2) is 0 Å². The van der Waals surface area contributed by atoms with Crippen molar-refractivity contribution >= 4 is 5.84 Å². The van der Waals surface area contributed by atoms with Gasteiger partial charge in [-0.2, -0.15) is 0 Å². The summed E-state index contributed by atoms with van der Waals surface area (Å²) in [6.07, 6.45) is 5.17. The normalized spacial score (nSPS) is 33.8. The predicted octanol–water partition coefficient (Wildman–Crippen LogP) is 1.80. The molecule has 2 N–H and O–H groups in total. The molecule has 0 bridgehead atoms. The molecule has 0 heterocycles. The first-order valence-corrected chi connectivity index (χ1v) is 4.46. The second-order valence-electron chi connectivity index (χ2n) is 3.62. The monoisotopic (exact) mass is 154 g/mol. The molecule has 2 nitrogen and oxygen atoms in total. The van der Waals surface area contributed by atoms with E-state index in [2.05, 4.69) is 11.9 Å². The number of nitrogens with two attached hydrogens (primary N) is 1. The van der Waals surface area contributed by atoms with E-state index in [0.717, 1.165) is 11.8 Å². The van der Waals surface area contributed by atoms with Crippen LogP contribution in [0, 0.1) is 11.8 Å². The zero-order valence-electron chi connectivity index (χ0n) is 7.51. The van der Waals surface area contributed by atoms with Gasteiger partial charge in [-0.3, -0.25) is 4.99 Å². The van der Waals surface area contributed by atoms with Crippen LogP contribution in [0.25, 0.3) is 0 Å². The second kappa shape index (κ2) is 3.74. The third-order valence-corrected chi connectivity index (χ3v) is 2.61. The maximum Gasteiger partial charge on any atom is 0.0965 e. The molecule has 0 aromatic heterocycles. The molecule has 1 aliphatic rings. The molecular weight excluding hydrogens is 136 g/mol. The summed E-state index contributed by atoms with van der Waals surface area (Å²) in [6.45, 7) is 2.30. The molecule has 1 rings (SSSR count). The molecule has 2 atom stereocenters. The average Bonchev–Trinajstić information content (AvgIpc) is 2.03. The van der Waals surface area contributed by atoms with Crippen LogP contribution in [0.1, 0.15) is 32.6 Å². The van der Waals surface area contributed by atoms with Crippen molar-refractivity contribution in [2.45, 2.75) is 32.6 Å². The van der Waals surface area contributed by atoms with E-state index in [4.69, 9.17) is 5.73 Å². The van der Waals surface area contributed by atoms with Gasteiger partial charge in [-0.15, -0.1) is 0 Å². The molecule has 1 saturated carbocycles. The molecular formula is C9H18N2. The second-order valence-corrected chi connectivity index (χ2v) is 3.62. The maximum absolute atomic E-state index is 5.76. The molecule has 1 aliphatic carbocycles. The summed E-state index contributed by atoms with van der Waals surface area (Å²) in [5.41, 5.74) is 5.76. The zero-order valence-corrected chi connectivity index (χ0v) is 7.51. The zero-order chi connectivity index (χ0) is 8.27. The number of hydrogen-bond donors (Lipinski definition) is 1. The van der Waals surface area contributed by atoms with E-state index in [1.54, 1.807) is 7.05 Å². The molecule has 0 aromatic rings. The Morgan fingerprint density at radius 2 is 2.18 bits per heavy atom. The van der Waals surface area contributed by atoms with Crippen LogP contribution < -0.4 is 5.73 Å². The van der Waals surface area contributed by atoms with Gasteiger partial charge < -0.3 is 5.73 Å². The number of amidine groups is 1. The topological polar surface area (TPSA) is 38.4 Å². The van der Waals surface area contributed by atoms with E-state index >= 15 is 0 Å². The van der Waals surface area contributed by atoms with E-state index in [0.29, 0.717) is 5.92 Å². The highest BCUT2D eigenvalue weighted by atomic mass is 14.8. The number of aliphatic imine (C=N–C) groups is 1. The highest BCUT2D eigenvalue weighted by Gasteiger charge is 2.20. The quantitative estimate of drug-likeness (QED) is 0.454. The van der Waals surface area contributed by atoms with Gasteiger partial charge in [-0.1, -0.05) is 19.8 Å². The largest absolute Gasteiger partial charge is 0.387 e. The fourth-order valence-corrected chi connectivity index (χ4v) is 1.89. The lowest BCUT2D eigenvalue weighted by Crippen LogP contribution is -2.28. The van der Waals surface area contributed by atoms with Gasteiger partial charge in [0.1, 0.15) is 0 Å². The lowest BCUT2D eigenvalue weighted by Gasteiger charge is -2.25. The smallest absolute Gasteiger partial charge is 0.0965 e. The maximum atomic E-state index is 5.76. The number of rotatable bonds is 1. The summed E-state index contributed by atoms with van der Waals surface area (Å²) >= 11 is 0. The van der Waals surface area contributed by atoms with E-state index in [1.807, 2.05) is 0 Å². The summed E-state index contributed by atoms with van der Waals surface area (Å²) in [4.78, 5) is 4.04. The lowest BCUT2D eigenvalue weighted by molar-refractivity contribution is 0.338. The summed E-state index contributed by atoms with van der Waals surface area (Å²) in [5, 5.41) is 0. The highest BCUT2D eigenvalue weighted by molar-refractivity contribution is 5.82. The molecule has 0 aliphatic heterocycles. The molecule has 2 heteroatoms. The molecule has 0 amide bonds. The molecule has 1 fully saturated rings. The van der Waals surface area contributed by atoms with Crippen LogP contribution in [0.2, 0.25) is 0 Å². The fraction of sp³-hybridized carbons (Fsp3) is 0.889. The Bertz CT molecular complexity index is 152. The van der Waals surface area contributed by atoms with E-state index in [-0.39, 0.29) is 0 Å². The third-order valence-electron chi connectivity index (χ3n) is 2.61. The number of hydrogen-bond acceptors (Lipinski definition) is 1. The Kier molecular flexibility index (Phi) is 2.92. The average molecular weight is 154 g/mol. The minimum atomic E-state index is 0.573. The van der Waals surface area contributed by atoms with Gasteiger partial charge in [-0.25, -0.2) is 0 Å². The Morgan fingerprint density at radius 1 is 1.45 bits per heavy atom. The summed E-state index contributed by atoms with van der Waals surface area (Å²) < 4.78 is 0. The van der Waals surface area contributed by atoms with Gasteiger partial charge in [-0.05, 0) is 18.8 Å². The van der Waals surface area contributed by atoms with Crippen molar-refractivity contribution in [1.82, 2.24) is 0 Å². The van der Waals surface area contributed by atoms with Crippen molar-refractivity contribution in [3.63, 3.8) is 0 Å². The fourth-order valence-electron chi connectivity index (χ4n) is 1.89. The first-order chi connectivity index (χ1) is 5.24. The van der Waals surface area contributed by atoms with Crippen LogP contribution in [-0.4, -0.2) is 12.9 Å². The molecule has 0 radical (unpaired) electrons. The molecule has 0 spiro atoms. The SMILES string of the molecule is CN=C(N)C1CCCC(C)C1. The van der Waals surface area contributed by atoms with Crippen LogP contribution >= 0.6 is 0 Å². The first kappa shape index (κ1) is 8.57. The van der Waals surface area contributed by atoms with Crippen molar-refractivity contribution in [3.05, 3.63) is 0 Å². The molecule has 0 saturated heterocycles. The number of nitrogens with zero attached hydrogens (tertiary/aromatic N) is 1. The van der Waals surface area contributed by atoms with Gasteiger partial charge in [0.25, 0.3) is 0 Å². The van der Waals surface area contributed by atoms with Crippen LogP contribution in [0.4, 0.5) is 0 Å². The Morgan fingerprint density at radius 3 is 2.73 bits per heavy atom. The first-order valence-electron chi connectivity index (χ1n) is 4.46. The van der Waals surface area contributed by atoms with Crippen molar-refractivity contribution in [2.75, 3.05) is 7.05 Å². The summed E-state index contributed by atoms with van der Waals surface area (Å²) in [5.74, 6) is 2.27. The van der Waals surface area contributed by atoms with E-state index in [1.165, 1.54) is 25.7 Å². The lowest BCUT2D eigenvalue weighted by atomic mass is 9.82. The van der Waals surface area contributed by atoms with Gasteiger partial charge in [0.2, 0.25) is 0 Å². The van der Waals surface area contributed by atoms with E-state index in [9.17, 15) is 0 Å². The van der Waals surface area contributed by atoms with Crippen molar-refractivity contribution < 1.29 is 0 Å².